The first kappa shape index (κ1) is 24.7. The monoisotopic (exact) mass is 480 g/mol. The molecule has 7 N–H and O–H groups in total. The first-order valence-corrected chi connectivity index (χ1v) is 9.97. The van der Waals surface area contributed by atoms with E-state index in [0.29, 0.717) is 0 Å². The number of amides is 1. The molecule has 4 rings (SSSR count). The van der Waals surface area contributed by atoms with Gasteiger partial charge in [-0.2, -0.15) is 0 Å². The molecule has 0 spiro atoms. The third kappa shape index (κ3) is 2.95. The van der Waals surface area contributed by atoms with Crippen molar-refractivity contribution in [1.82, 2.24) is 4.90 Å². The van der Waals surface area contributed by atoms with Crippen LogP contribution in [0.25, 0.3) is 5.76 Å². The van der Waals surface area contributed by atoms with E-state index in [1.807, 2.05) is 0 Å². The number of carbonyl (C=O) groups is 3. The molecular weight excluding hydrogens is 456 g/mol. The van der Waals surface area contributed by atoms with Gasteiger partial charge >= 0.3 is 0 Å². The Bertz CT molecular complexity index is 1160. The lowest BCUT2D eigenvalue weighted by molar-refractivity contribution is -0.159. The van der Waals surface area contributed by atoms with Gasteiger partial charge in [-0.05, 0) is 39.1 Å². The van der Waals surface area contributed by atoms with Crippen LogP contribution in [0.2, 0.25) is 0 Å². The molecule has 33 heavy (non-hydrogen) atoms. The van der Waals surface area contributed by atoms with Crippen molar-refractivity contribution in [2.24, 2.45) is 17.6 Å². The maximum Gasteiger partial charge on any atom is 0.255 e. The Morgan fingerprint density at radius 1 is 1.15 bits per heavy atom. The second kappa shape index (κ2) is 7.56. The Morgan fingerprint density at radius 2 is 1.76 bits per heavy atom. The highest BCUT2D eigenvalue weighted by Gasteiger charge is 2.66. The van der Waals surface area contributed by atoms with Gasteiger partial charge in [0.05, 0.1) is 17.2 Å². The number of hydrogen-bond acceptors (Lipinski definition) is 9. The molecule has 10 nitrogen and oxygen atoms in total. The number of primary amides is 1. The molecule has 0 aliphatic heterocycles. The molecule has 1 aromatic carbocycles. The van der Waals surface area contributed by atoms with Gasteiger partial charge < -0.3 is 31.3 Å². The summed E-state index contributed by atoms with van der Waals surface area (Å²) in [6.07, 6.45) is -0.200. The molecule has 178 valence electrons. The number of rotatable bonds is 2. The van der Waals surface area contributed by atoms with Gasteiger partial charge in [0.2, 0.25) is 5.78 Å². The van der Waals surface area contributed by atoms with Crippen molar-refractivity contribution in [3.8, 4) is 5.75 Å². The number of phenolic OH excluding ortho intramolecular Hbond substituents is 1. The topological polar surface area (TPSA) is 182 Å². The minimum absolute atomic E-state index is 0. The highest BCUT2D eigenvalue weighted by atomic mass is 35.5. The smallest absolute Gasteiger partial charge is 0.255 e. The fourth-order valence-electron chi connectivity index (χ4n) is 5.50. The van der Waals surface area contributed by atoms with Crippen molar-refractivity contribution in [3.05, 3.63) is 46.2 Å². The lowest BCUT2D eigenvalue weighted by atomic mass is 9.54. The molecule has 0 heterocycles. The third-order valence-electron chi connectivity index (χ3n) is 7.02. The normalized spacial score (nSPS) is 33.3. The maximum absolute atomic E-state index is 13.7. The molecule has 1 amide bonds. The van der Waals surface area contributed by atoms with E-state index in [-0.39, 0.29) is 30.0 Å². The zero-order valence-electron chi connectivity index (χ0n) is 18.1. The van der Waals surface area contributed by atoms with Crippen LogP contribution in [0.4, 0.5) is 0 Å². The van der Waals surface area contributed by atoms with Crippen LogP contribution in [0.1, 0.15) is 24.5 Å². The largest absolute Gasteiger partial charge is 0.508 e. The second-order valence-corrected chi connectivity index (χ2v) is 8.96. The number of fused-ring (bicyclic) bond motifs is 3. The fourth-order valence-corrected chi connectivity index (χ4v) is 5.50. The average Bonchev–Trinajstić information content (AvgIpc) is 2.68. The van der Waals surface area contributed by atoms with Crippen molar-refractivity contribution in [2.75, 3.05) is 14.1 Å². The van der Waals surface area contributed by atoms with Crippen molar-refractivity contribution >= 4 is 35.6 Å². The number of Topliss-reactive ketones (excluding diaryl/α,β-unsaturated/α-hetero) is 2. The molecule has 0 bridgehead atoms. The summed E-state index contributed by atoms with van der Waals surface area (Å²) in [5.41, 5.74) is -0.548. The predicted octanol–water partition coefficient (Wildman–Crippen LogP) is 0.0508. The molecule has 0 aromatic heterocycles. The van der Waals surface area contributed by atoms with Gasteiger partial charge in [-0.1, -0.05) is 12.1 Å². The van der Waals surface area contributed by atoms with E-state index >= 15 is 0 Å². The number of aliphatic hydroxyl groups is 4. The summed E-state index contributed by atoms with van der Waals surface area (Å²) in [6, 6.07) is 3.02. The van der Waals surface area contributed by atoms with Gasteiger partial charge in [-0.25, -0.2) is 0 Å². The Hall–Kier alpha value is -2.92. The number of likely N-dealkylation sites (N-methyl/N-ethyl adjacent to an activating group) is 1. The minimum Gasteiger partial charge on any atom is -0.508 e. The summed E-state index contributed by atoms with van der Waals surface area (Å²) >= 11 is 0. The number of benzene rings is 1. The number of aliphatic hydroxyl groups excluding tert-OH is 2. The van der Waals surface area contributed by atoms with E-state index in [1.54, 1.807) is 0 Å². The highest BCUT2D eigenvalue weighted by molar-refractivity contribution is 6.24. The second-order valence-electron chi connectivity index (χ2n) is 8.96. The van der Waals surface area contributed by atoms with E-state index in [0.717, 1.165) is 0 Å². The van der Waals surface area contributed by atoms with Crippen LogP contribution in [0.5, 0.6) is 5.75 Å². The van der Waals surface area contributed by atoms with Gasteiger partial charge in [-0.3, -0.25) is 19.3 Å². The van der Waals surface area contributed by atoms with Crippen molar-refractivity contribution in [1.29, 1.82) is 0 Å². The molecule has 3 aliphatic carbocycles. The van der Waals surface area contributed by atoms with Gasteiger partial charge in [0.25, 0.3) is 5.91 Å². The van der Waals surface area contributed by atoms with Crippen LogP contribution in [-0.2, 0) is 20.0 Å². The lowest BCUT2D eigenvalue weighted by Crippen LogP contribution is -2.67. The van der Waals surface area contributed by atoms with Gasteiger partial charge in [-0.15, -0.1) is 12.4 Å². The molecule has 0 unspecified atom stereocenters. The predicted molar refractivity (Wildman–Crippen MR) is 117 cm³/mol. The Labute approximate surface area is 195 Å². The SMILES string of the molecule is CN(C)[C@@H]1C(=O)C(C(N)=O)=C(O)[C@]2(O)C(=O)C3=C(O)c4c(O)cccc4[C@](C)(O)[C@H]3C[C@H]12.Cl. The van der Waals surface area contributed by atoms with Gasteiger partial charge in [0.1, 0.15) is 22.8 Å². The van der Waals surface area contributed by atoms with Crippen LogP contribution >= 0.6 is 12.4 Å². The summed E-state index contributed by atoms with van der Waals surface area (Å²) in [4.78, 5) is 40.0. The number of halogens is 1. The Kier molecular flexibility index (Phi) is 5.66. The van der Waals surface area contributed by atoms with Gasteiger partial charge in [0, 0.05) is 17.4 Å². The first-order chi connectivity index (χ1) is 14.8. The Balaban J connectivity index is 0.00000306. The van der Waals surface area contributed by atoms with E-state index < -0.39 is 75.0 Å². The molecule has 11 heteroatoms. The van der Waals surface area contributed by atoms with Crippen LogP contribution in [0.3, 0.4) is 0 Å². The first-order valence-electron chi connectivity index (χ1n) is 9.97. The standard InChI is InChI=1S/C22H24N2O8.ClH/c1-21(31)8-5-4-6-11(25)12(8)16(26)13-9(21)7-10-15(24(2)3)17(27)14(20(23)30)19(29)22(10,32)18(13)28;/h4-6,9-10,15,25-26,29,31-32H,7H2,1-3H3,(H2,23,30);1H/t9-,10+,15-,21-,22+;/m0./s1. The summed E-state index contributed by atoms with van der Waals surface area (Å²) in [5.74, 6) is -7.90. The minimum atomic E-state index is -2.75. The lowest BCUT2D eigenvalue weighted by Gasteiger charge is -2.53. The molecule has 5 atom stereocenters. The van der Waals surface area contributed by atoms with Crippen molar-refractivity contribution < 1.29 is 39.9 Å². The Morgan fingerprint density at radius 3 is 2.30 bits per heavy atom. The number of hydrogen-bond donors (Lipinski definition) is 6. The number of phenols is 1. The zero-order valence-corrected chi connectivity index (χ0v) is 18.9. The summed E-state index contributed by atoms with van der Waals surface area (Å²) in [5, 5.41) is 54.9. The number of ketones is 2. The summed E-state index contributed by atoms with van der Waals surface area (Å²) in [6.45, 7) is 1.40. The van der Waals surface area contributed by atoms with Crippen molar-refractivity contribution in [2.45, 2.75) is 30.6 Å². The fraction of sp³-hybridized carbons (Fsp3) is 0.409. The zero-order chi connectivity index (χ0) is 23.9. The van der Waals surface area contributed by atoms with Crippen molar-refractivity contribution in [3.63, 3.8) is 0 Å². The molecule has 1 aromatic rings. The molecule has 0 radical (unpaired) electrons. The highest BCUT2D eigenvalue weighted by Crippen LogP contribution is 2.57. The molecule has 3 aliphatic rings. The van der Waals surface area contributed by atoms with Crippen LogP contribution in [-0.4, -0.2) is 73.6 Å². The molecular formula is C22H25ClN2O8. The molecule has 0 saturated heterocycles. The van der Waals surface area contributed by atoms with E-state index in [4.69, 9.17) is 5.73 Å². The number of nitrogens with zero attached hydrogens (tertiary/aromatic N) is 1. The van der Waals surface area contributed by atoms with Crippen LogP contribution in [0.15, 0.2) is 35.1 Å². The van der Waals surface area contributed by atoms with E-state index in [9.17, 15) is 39.9 Å². The summed E-state index contributed by atoms with van der Waals surface area (Å²) in [7, 11) is 3.01. The third-order valence-corrected chi connectivity index (χ3v) is 7.02. The van der Waals surface area contributed by atoms with E-state index in [2.05, 4.69) is 0 Å². The number of nitrogens with two attached hydrogens (primary N) is 1. The van der Waals surface area contributed by atoms with E-state index in [1.165, 1.54) is 44.1 Å². The number of carbonyl (C=O) groups excluding carboxylic acids is 3. The molecule has 1 fully saturated rings. The number of aromatic hydroxyl groups is 1. The molecule has 1 saturated carbocycles. The van der Waals surface area contributed by atoms with Crippen LogP contribution in [0, 0.1) is 11.8 Å². The van der Waals surface area contributed by atoms with Gasteiger partial charge in [0.15, 0.2) is 11.4 Å². The maximum atomic E-state index is 13.7. The van der Waals surface area contributed by atoms with Crippen LogP contribution < -0.4 is 5.73 Å². The quantitative estimate of drug-likeness (QED) is 0.318. The summed E-state index contributed by atoms with van der Waals surface area (Å²) < 4.78 is 0. The average molecular weight is 481 g/mol.